The fourth-order valence-electron chi connectivity index (χ4n) is 4.11. The molecule has 0 spiro atoms. The monoisotopic (exact) mass is 541 g/mol. The van der Waals surface area contributed by atoms with E-state index < -0.39 is 28.5 Å². The molecule has 0 saturated heterocycles. The summed E-state index contributed by atoms with van der Waals surface area (Å²) >= 11 is 6.42. The van der Waals surface area contributed by atoms with Crippen LogP contribution >= 0.6 is 11.6 Å². The van der Waals surface area contributed by atoms with Crippen LogP contribution in [-0.4, -0.2) is 51.0 Å². The second-order valence-corrected chi connectivity index (χ2v) is 11.3. The molecule has 7 nitrogen and oxygen atoms in total. The number of likely N-dealkylation sites (N-methyl/N-ethyl adjacent to an activating group) is 1. The molecule has 3 rings (SSSR count). The Hall–Kier alpha value is -3.36. The van der Waals surface area contributed by atoms with Gasteiger partial charge in [0.1, 0.15) is 12.6 Å². The van der Waals surface area contributed by atoms with Crippen LogP contribution in [-0.2, 0) is 32.6 Å². The Morgan fingerprint density at radius 1 is 0.973 bits per heavy atom. The maximum Gasteiger partial charge on any atom is 0.244 e. The van der Waals surface area contributed by atoms with Gasteiger partial charge in [0.2, 0.25) is 21.8 Å². The van der Waals surface area contributed by atoms with Crippen LogP contribution < -0.4 is 9.62 Å². The topological polar surface area (TPSA) is 86.8 Å². The molecular weight excluding hydrogens is 510 g/mol. The minimum Gasteiger partial charge on any atom is -0.357 e. The molecular formula is C28H32ClN3O4S. The lowest BCUT2D eigenvalue weighted by molar-refractivity contribution is -0.139. The maximum atomic E-state index is 13.9. The largest absolute Gasteiger partial charge is 0.357 e. The third-order valence-electron chi connectivity index (χ3n) is 6.13. The van der Waals surface area contributed by atoms with Crippen molar-refractivity contribution < 1.29 is 18.0 Å². The molecule has 0 heterocycles. The van der Waals surface area contributed by atoms with Crippen LogP contribution in [0.1, 0.15) is 22.3 Å². The molecule has 3 aromatic rings. The Kier molecular flexibility index (Phi) is 9.34. The molecule has 37 heavy (non-hydrogen) atoms. The van der Waals surface area contributed by atoms with Gasteiger partial charge in [-0.15, -0.1) is 0 Å². The summed E-state index contributed by atoms with van der Waals surface area (Å²) in [6, 6.07) is 21.0. The number of aryl methyl sites for hydroxylation is 2. The number of amides is 2. The van der Waals surface area contributed by atoms with Gasteiger partial charge in [-0.25, -0.2) is 8.42 Å². The van der Waals surface area contributed by atoms with E-state index in [2.05, 4.69) is 5.32 Å². The summed E-state index contributed by atoms with van der Waals surface area (Å²) in [6.07, 6.45) is 1.32. The van der Waals surface area contributed by atoms with E-state index in [-0.39, 0.29) is 18.9 Å². The lowest BCUT2D eigenvalue weighted by Gasteiger charge is -2.33. The number of anilines is 1. The molecule has 1 N–H and O–H groups in total. The third kappa shape index (κ3) is 7.33. The van der Waals surface area contributed by atoms with Crippen LogP contribution in [0.2, 0.25) is 5.02 Å². The Labute approximate surface area is 224 Å². The molecule has 0 unspecified atom stereocenters. The lowest BCUT2D eigenvalue weighted by Crippen LogP contribution is -2.53. The van der Waals surface area contributed by atoms with Gasteiger partial charge in [-0.3, -0.25) is 13.9 Å². The van der Waals surface area contributed by atoms with Crippen molar-refractivity contribution in [2.24, 2.45) is 0 Å². The highest BCUT2D eigenvalue weighted by molar-refractivity contribution is 7.92. The number of hydrogen-bond acceptors (Lipinski definition) is 4. The molecule has 0 radical (unpaired) electrons. The van der Waals surface area contributed by atoms with Crippen LogP contribution in [0, 0.1) is 13.8 Å². The highest BCUT2D eigenvalue weighted by atomic mass is 35.5. The van der Waals surface area contributed by atoms with Gasteiger partial charge in [-0.05, 0) is 48.2 Å². The molecule has 0 aliphatic heterocycles. The van der Waals surface area contributed by atoms with E-state index in [4.69, 9.17) is 11.6 Å². The maximum absolute atomic E-state index is 13.9. The fraction of sp³-hybridized carbons (Fsp3) is 0.286. The first-order chi connectivity index (χ1) is 17.5. The van der Waals surface area contributed by atoms with Crippen molar-refractivity contribution in [3.63, 3.8) is 0 Å². The zero-order valence-electron chi connectivity index (χ0n) is 21.4. The molecule has 0 saturated carbocycles. The first-order valence-corrected chi connectivity index (χ1v) is 14.1. The molecule has 196 valence electrons. The predicted molar refractivity (Wildman–Crippen MR) is 148 cm³/mol. The van der Waals surface area contributed by atoms with Crippen molar-refractivity contribution >= 4 is 39.1 Å². The van der Waals surface area contributed by atoms with Gasteiger partial charge in [0.25, 0.3) is 0 Å². The Bertz CT molecular complexity index is 1360. The summed E-state index contributed by atoms with van der Waals surface area (Å²) in [6.45, 7) is 3.22. The van der Waals surface area contributed by atoms with Crippen LogP contribution in [0.5, 0.6) is 0 Å². The quantitative estimate of drug-likeness (QED) is 0.418. The van der Waals surface area contributed by atoms with Gasteiger partial charge in [0, 0.05) is 25.0 Å². The molecule has 0 bridgehead atoms. The lowest BCUT2D eigenvalue weighted by atomic mass is 10.0. The molecule has 2 amide bonds. The van der Waals surface area contributed by atoms with Crippen molar-refractivity contribution in [1.82, 2.24) is 10.2 Å². The number of sulfonamides is 1. The number of halogens is 1. The SMILES string of the molecule is CNC(=O)[C@@H](Cc1ccccc1)N(Cc1ccccc1Cl)C(=O)CN(c1cc(C)ccc1C)S(C)(=O)=O. The zero-order chi connectivity index (χ0) is 27.2. The van der Waals surface area contributed by atoms with Gasteiger partial charge < -0.3 is 10.2 Å². The second-order valence-electron chi connectivity index (χ2n) is 8.99. The molecule has 3 aromatic carbocycles. The highest BCUT2D eigenvalue weighted by Gasteiger charge is 2.33. The number of nitrogens with one attached hydrogen (secondary N) is 1. The van der Waals surface area contributed by atoms with Crippen molar-refractivity contribution in [1.29, 1.82) is 0 Å². The smallest absolute Gasteiger partial charge is 0.244 e. The van der Waals surface area contributed by atoms with E-state index in [1.54, 1.807) is 37.3 Å². The van der Waals surface area contributed by atoms with E-state index in [0.29, 0.717) is 21.8 Å². The Morgan fingerprint density at radius 3 is 2.24 bits per heavy atom. The number of hydrogen-bond donors (Lipinski definition) is 1. The van der Waals surface area contributed by atoms with Crippen LogP contribution in [0.4, 0.5) is 5.69 Å². The highest BCUT2D eigenvalue weighted by Crippen LogP contribution is 2.26. The summed E-state index contributed by atoms with van der Waals surface area (Å²) in [5.41, 5.74) is 3.52. The minimum atomic E-state index is -3.82. The van der Waals surface area contributed by atoms with Gasteiger partial charge in [0.15, 0.2) is 0 Å². The first kappa shape index (κ1) is 28.2. The summed E-state index contributed by atoms with van der Waals surface area (Å²) in [4.78, 5) is 28.5. The fourth-order valence-corrected chi connectivity index (χ4v) is 5.21. The minimum absolute atomic E-state index is 0.0355. The number of nitrogens with zero attached hydrogens (tertiary/aromatic N) is 2. The third-order valence-corrected chi connectivity index (χ3v) is 7.62. The molecule has 0 aliphatic carbocycles. The van der Waals surface area contributed by atoms with Gasteiger partial charge in [0.05, 0.1) is 11.9 Å². The van der Waals surface area contributed by atoms with Crippen molar-refractivity contribution in [2.45, 2.75) is 32.9 Å². The predicted octanol–water partition coefficient (Wildman–Crippen LogP) is 4.11. The standard InChI is InChI=1S/C28H32ClN3O4S/c1-20-14-15-21(2)25(16-20)32(37(4,35)36)19-27(33)31(18-23-12-8-9-13-24(23)29)26(28(34)30-3)17-22-10-6-5-7-11-22/h5-16,26H,17-19H2,1-4H3,(H,30,34)/t26-/m1/s1. The molecule has 9 heteroatoms. The van der Waals surface area contributed by atoms with E-state index in [1.807, 2.05) is 49.4 Å². The van der Waals surface area contributed by atoms with E-state index in [1.165, 1.54) is 11.9 Å². The summed E-state index contributed by atoms with van der Waals surface area (Å²) in [5, 5.41) is 3.10. The van der Waals surface area contributed by atoms with Crippen molar-refractivity contribution in [3.8, 4) is 0 Å². The Morgan fingerprint density at radius 2 is 1.62 bits per heavy atom. The summed E-state index contributed by atoms with van der Waals surface area (Å²) in [7, 11) is -2.31. The number of rotatable bonds is 10. The molecule has 0 aromatic heterocycles. The second kappa shape index (κ2) is 12.3. The molecule has 0 fully saturated rings. The van der Waals surface area contributed by atoms with Crippen molar-refractivity contribution in [2.75, 3.05) is 24.2 Å². The van der Waals surface area contributed by atoms with Gasteiger partial charge in [-0.2, -0.15) is 0 Å². The number of carbonyl (C=O) groups excluding carboxylic acids is 2. The van der Waals surface area contributed by atoms with E-state index >= 15 is 0 Å². The zero-order valence-corrected chi connectivity index (χ0v) is 23.0. The van der Waals surface area contributed by atoms with E-state index in [9.17, 15) is 18.0 Å². The average Bonchev–Trinajstić information content (AvgIpc) is 2.86. The summed E-state index contributed by atoms with van der Waals surface area (Å²) < 4.78 is 26.8. The molecule has 0 aliphatic rings. The van der Waals surface area contributed by atoms with E-state index in [0.717, 1.165) is 21.7 Å². The van der Waals surface area contributed by atoms with Crippen LogP contribution in [0.15, 0.2) is 72.8 Å². The average molecular weight is 542 g/mol. The summed E-state index contributed by atoms with van der Waals surface area (Å²) in [5.74, 6) is -0.877. The van der Waals surface area contributed by atoms with Crippen LogP contribution in [0.25, 0.3) is 0 Å². The Balaban J connectivity index is 2.07. The number of benzene rings is 3. The van der Waals surface area contributed by atoms with Gasteiger partial charge >= 0.3 is 0 Å². The van der Waals surface area contributed by atoms with Crippen molar-refractivity contribution in [3.05, 3.63) is 100 Å². The molecule has 1 atom stereocenters. The van der Waals surface area contributed by atoms with Gasteiger partial charge in [-0.1, -0.05) is 72.3 Å². The number of carbonyl (C=O) groups is 2. The van der Waals surface area contributed by atoms with Crippen LogP contribution in [0.3, 0.4) is 0 Å². The first-order valence-electron chi connectivity index (χ1n) is 11.8. The normalized spacial score (nSPS) is 12.0.